The van der Waals surface area contributed by atoms with E-state index in [4.69, 9.17) is 22.1 Å². The number of nitrogen functional groups attached to an aromatic ring is 1. The SMILES string of the molecule is Nc1cc(Cl)ccc1NC(=O)CN1CCOCC1CO. The molecule has 1 saturated heterocycles. The largest absolute Gasteiger partial charge is 0.397 e. The van der Waals surface area contributed by atoms with Crippen LogP contribution in [0.5, 0.6) is 0 Å². The van der Waals surface area contributed by atoms with Gasteiger partial charge in [0.1, 0.15) is 0 Å². The Bertz CT molecular complexity index is 484. The summed E-state index contributed by atoms with van der Waals surface area (Å²) in [4.78, 5) is 13.9. The molecule has 1 aliphatic rings. The Hall–Kier alpha value is -1.34. The monoisotopic (exact) mass is 299 g/mol. The minimum atomic E-state index is -0.181. The van der Waals surface area contributed by atoms with Crippen LogP contribution in [-0.2, 0) is 9.53 Å². The second kappa shape index (κ2) is 6.90. The van der Waals surface area contributed by atoms with E-state index in [1.165, 1.54) is 0 Å². The summed E-state index contributed by atoms with van der Waals surface area (Å²) in [7, 11) is 0. The number of carbonyl (C=O) groups is 1. The molecule has 0 radical (unpaired) electrons. The fraction of sp³-hybridized carbons (Fsp3) is 0.462. The molecule has 6 nitrogen and oxygen atoms in total. The minimum absolute atomic E-state index is 0.0314. The summed E-state index contributed by atoms with van der Waals surface area (Å²) in [6.07, 6.45) is 0. The van der Waals surface area contributed by atoms with Crippen LogP contribution in [0.25, 0.3) is 0 Å². The number of nitrogens with one attached hydrogen (secondary N) is 1. The number of aliphatic hydroxyl groups is 1. The van der Waals surface area contributed by atoms with Crippen molar-refractivity contribution in [2.45, 2.75) is 6.04 Å². The summed E-state index contributed by atoms with van der Waals surface area (Å²) < 4.78 is 5.27. The number of nitrogens with two attached hydrogens (primary N) is 1. The molecule has 1 aromatic carbocycles. The third kappa shape index (κ3) is 3.83. The van der Waals surface area contributed by atoms with Gasteiger partial charge in [-0.2, -0.15) is 0 Å². The third-order valence-corrected chi connectivity index (χ3v) is 3.43. The first-order chi connectivity index (χ1) is 9.60. The topological polar surface area (TPSA) is 87.8 Å². The van der Waals surface area contributed by atoms with Crippen LogP contribution in [0.2, 0.25) is 5.02 Å². The highest BCUT2D eigenvalue weighted by atomic mass is 35.5. The molecule has 1 atom stereocenters. The number of halogens is 1. The average Bonchev–Trinajstić information content (AvgIpc) is 2.42. The van der Waals surface area contributed by atoms with Crippen molar-refractivity contribution in [3.05, 3.63) is 23.2 Å². The van der Waals surface area contributed by atoms with Crippen molar-refractivity contribution < 1.29 is 14.6 Å². The molecule has 1 aromatic rings. The van der Waals surface area contributed by atoms with Gasteiger partial charge in [-0.05, 0) is 18.2 Å². The van der Waals surface area contributed by atoms with Crippen LogP contribution in [0.4, 0.5) is 11.4 Å². The standard InChI is InChI=1S/C13H18ClN3O3/c14-9-1-2-12(11(15)5-9)16-13(19)6-17-3-4-20-8-10(17)7-18/h1-2,5,10,18H,3-4,6-8,15H2,(H,16,19). The number of benzene rings is 1. The van der Waals surface area contributed by atoms with Crippen molar-refractivity contribution in [1.29, 1.82) is 0 Å². The Morgan fingerprint density at radius 1 is 1.60 bits per heavy atom. The zero-order chi connectivity index (χ0) is 14.5. The number of carbonyl (C=O) groups excluding carboxylic acids is 1. The second-order valence-corrected chi connectivity index (χ2v) is 5.10. The summed E-state index contributed by atoms with van der Waals surface area (Å²) in [5, 5.41) is 12.5. The normalized spacial score (nSPS) is 19.8. The van der Waals surface area contributed by atoms with E-state index < -0.39 is 0 Å². The van der Waals surface area contributed by atoms with E-state index in [9.17, 15) is 9.90 Å². The molecule has 7 heteroatoms. The number of amides is 1. The molecule has 1 heterocycles. The Morgan fingerprint density at radius 2 is 2.40 bits per heavy atom. The molecule has 0 saturated carbocycles. The van der Waals surface area contributed by atoms with Crippen molar-refractivity contribution in [2.75, 3.05) is 44.0 Å². The highest BCUT2D eigenvalue weighted by Crippen LogP contribution is 2.22. The van der Waals surface area contributed by atoms with Gasteiger partial charge in [0, 0.05) is 11.6 Å². The summed E-state index contributed by atoms with van der Waals surface area (Å²) in [5.74, 6) is -0.181. The minimum Gasteiger partial charge on any atom is -0.397 e. The van der Waals surface area contributed by atoms with E-state index in [1.54, 1.807) is 18.2 Å². The van der Waals surface area contributed by atoms with Crippen molar-refractivity contribution >= 4 is 28.9 Å². The van der Waals surface area contributed by atoms with E-state index >= 15 is 0 Å². The van der Waals surface area contributed by atoms with Gasteiger partial charge in [-0.3, -0.25) is 9.69 Å². The zero-order valence-corrected chi connectivity index (χ0v) is 11.8. The molecule has 20 heavy (non-hydrogen) atoms. The first-order valence-electron chi connectivity index (χ1n) is 6.37. The number of ether oxygens (including phenoxy) is 1. The fourth-order valence-electron chi connectivity index (χ4n) is 2.09. The van der Waals surface area contributed by atoms with Gasteiger partial charge in [-0.1, -0.05) is 11.6 Å². The Kier molecular flexibility index (Phi) is 5.19. The lowest BCUT2D eigenvalue weighted by Gasteiger charge is -2.33. The summed E-state index contributed by atoms with van der Waals surface area (Å²) in [6, 6.07) is 4.77. The van der Waals surface area contributed by atoms with Gasteiger partial charge in [0.25, 0.3) is 0 Å². The first-order valence-corrected chi connectivity index (χ1v) is 6.75. The molecular weight excluding hydrogens is 282 g/mol. The molecule has 4 N–H and O–H groups in total. The molecule has 1 fully saturated rings. The average molecular weight is 300 g/mol. The molecule has 110 valence electrons. The Labute approximate surface area is 122 Å². The van der Waals surface area contributed by atoms with Crippen LogP contribution >= 0.6 is 11.6 Å². The molecule has 0 aliphatic carbocycles. The molecule has 0 spiro atoms. The van der Waals surface area contributed by atoms with Crippen molar-refractivity contribution in [2.24, 2.45) is 0 Å². The molecule has 1 unspecified atom stereocenters. The number of hydrogen-bond acceptors (Lipinski definition) is 5. The Morgan fingerprint density at radius 3 is 3.10 bits per heavy atom. The number of anilines is 2. The van der Waals surface area contributed by atoms with Crippen molar-refractivity contribution in [1.82, 2.24) is 4.90 Å². The van der Waals surface area contributed by atoms with Crippen LogP contribution in [0, 0.1) is 0 Å². The first kappa shape index (κ1) is 15.1. The maximum Gasteiger partial charge on any atom is 0.238 e. The van der Waals surface area contributed by atoms with Crippen LogP contribution in [0.3, 0.4) is 0 Å². The van der Waals surface area contributed by atoms with Crippen LogP contribution in [0.1, 0.15) is 0 Å². The van der Waals surface area contributed by atoms with E-state index in [0.29, 0.717) is 36.2 Å². The predicted octanol–water partition coefficient (Wildman–Crippen LogP) is 0.554. The lowest BCUT2D eigenvalue weighted by atomic mass is 10.2. The fourth-order valence-corrected chi connectivity index (χ4v) is 2.27. The summed E-state index contributed by atoms with van der Waals surface area (Å²) in [6.45, 7) is 1.78. The number of aliphatic hydroxyl groups excluding tert-OH is 1. The van der Waals surface area contributed by atoms with Gasteiger partial charge in [0.15, 0.2) is 0 Å². The molecule has 2 rings (SSSR count). The maximum absolute atomic E-state index is 12.0. The predicted molar refractivity (Wildman–Crippen MR) is 77.8 cm³/mol. The van der Waals surface area contributed by atoms with Gasteiger partial charge in [-0.25, -0.2) is 0 Å². The quantitative estimate of drug-likeness (QED) is 0.707. The van der Waals surface area contributed by atoms with Crippen molar-refractivity contribution in [3.8, 4) is 0 Å². The second-order valence-electron chi connectivity index (χ2n) is 4.66. The summed E-state index contributed by atoms with van der Waals surface area (Å²) >= 11 is 5.80. The molecule has 0 aromatic heterocycles. The third-order valence-electron chi connectivity index (χ3n) is 3.19. The highest BCUT2D eigenvalue weighted by Gasteiger charge is 2.24. The van der Waals surface area contributed by atoms with Gasteiger partial charge < -0.3 is 20.9 Å². The van der Waals surface area contributed by atoms with E-state index in [2.05, 4.69) is 5.32 Å². The number of rotatable bonds is 4. The zero-order valence-electron chi connectivity index (χ0n) is 11.0. The van der Waals surface area contributed by atoms with E-state index in [0.717, 1.165) is 0 Å². The molecule has 1 amide bonds. The highest BCUT2D eigenvalue weighted by molar-refractivity contribution is 6.31. The molecule has 1 aliphatic heterocycles. The van der Waals surface area contributed by atoms with Gasteiger partial charge in [0.2, 0.25) is 5.91 Å². The number of hydrogen-bond donors (Lipinski definition) is 3. The smallest absolute Gasteiger partial charge is 0.238 e. The van der Waals surface area contributed by atoms with E-state index in [-0.39, 0.29) is 25.1 Å². The maximum atomic E-state index is 12.0. The van der Waals surface area contributed by atoms with Crippen LogP contribution < -0.4 is 11.1 Å². The summed E-state index contributed by atoms with van der Waals surface area (Å²) in [5.41, 5.74) is 6.74. The lowest BCUT2D eigenvalue weighted by molar-refractivity contribution is -0.120. The van der Waals surface area contributed by atoms with Gasteiger partial charge >= 0.3 is 0 Å². The lowest BCUT2D eigenvalue weighted by Crippen LogP contribution is -2.50. The molecule has 0 bridgehead atoms. The van der Waals surface area contributed by atoms with E-state index in [1.807, 2.05) is 4.90 Å². The Balaban J connectivity index is 1.94. The van der Waals surface area contributed by atoms with Crippen LogP contribution in [-0.4, -0.2) is 54.9 Å². The van der Waals surface area contributed by atoms with Crippen LogP contribution in [0.15, 0.2) is 18.2 Å². The van der Waals surface area contributed by atoms with Gasteiger partial charge in [-0.15, -0.1) is 0 Å². The van der Waals surface area contributed by atoms with Crippen molar-refractivity contribution in [3.63, 3.8) is 0 Å². The number of morpholine rings is 1. The van der Waals surface area contributed by atoms with Gasteiger partial charge in [0.05, 0.1) is 43.8 Å². The molecular formula is C13H18ClN3O3. The number of nitrogens with zero attached hydrogens (tertiary/aromatic N) is 1.